The fraction of sp³-hybridized carbons (Fsp3) is 0.308. The molecule has 1 aromatic carbocycles. The first-order chi connectivity index (χ1) is 7.54. The van der Waals surface area contributed by atoms with Crippen LogP contribution in [0.3, 0.4) is 0 Å². The summed E-state index contributed by atoms with van der Waals surface area (Å²) in [5.41, 5.74) is 7.46. The van der Waals surface area contributed by atoms with Gasteiger partial charge in [0.05, 0.1) is 10.5 Å². The van der Waals surface area contributed by atoms with Crippen molar-refractivity contribution in [3.8, 4) is 0 Å². The van der Waals surface area contributed by atoms with Gasteiger partial charge in [0.25, 0.3) is 0 Å². The molecule has 0 saturated heterocycles. The quantitative estimate of drug-likeness (QED) is 0.867. The summed E-state index contributed by atoms with van der Waals surface area (Å²) in [6.45, 7) is 4.73. The number of hydrogen-bond donors (Lipinski definition) is 1. The minimum Gasteiger partial charge on any atom is -0.330 e. The van der Waals surface area contributed by atoms with Gasteiger partial charge in [0, 0.05) is 23.0 Å². The van der Waals surface area contributed by atoms with E-state index in [1.54, 1.807) is 0 Å². The van der Waals surface area contributed by atoms with Crippen LogP contribution in [0, 0.1) is 0 Å². The van der Waals surface area contributed by atoms with Crippen molar-refractivity contribution in [2.45, 2.75) is 19.3 Å². The average molecular weight is 235 g/mol. The van der Waals surface area contributed by atoms with Gasteiger partial charge in [-0.25, -0.2) is 0 Å². The average Bonchev–Trinajstić information content (AvgIpc) is 2.29. The number of para-hydroxylation sites is 1. The highest BCUT2D eigenvalue weighted by atomic mass is 35.5. The maximum absolute atomic E-state index is 6.13. The minimum atomic E-state index is -0.118. The van der Waals surface area contributed by atoms with Crippen molar-refractivity contribution in [2.75, 3.05) is 6.54 Å². The van der Waals surface area contributed by atoms with E-state index in [0.717, 1.165) is 16.6 Å². The van der Waals surface area contributed by atoms with Crippen molar-refractivity contribution in [3.05, 3.63) is 41.0 Å². The number of rotatable bonds is 2. The Morgan fingerprint density at radius 3 is 2.69 bits per heavy atom. The first-order valence-electron chi connectivity index (χ1n) is 5.30. The number of halogens is 1. The zero-order chi connectivity index (χ0) is 11.8. The van der Waals surface area contributed by atoms with Crippen LogP contribution in [0.25, 0.3) is 10.9 Å². The van der Waals surface area contributed by atoms with E-state index in [0.29, 0.717) is 11.6 Å². The Kier molecular flexibility index (Phi) is 2.87. The Balaban J connectivity index is 2.64. The van der Waals surface area contributed by atoms with E-state index in [1.807, 2.05) is 30.3 Å². The number of hydrogen-bond acceptors (Lipinski definition) is 2. The predicted octanol–water partition coefficient (Wildman–Crippen LogP) is 3.12. The third-order valence-corrected chi connectivity index (χ3v) is 3.18. The van der Waals surface area contributed by atoms with E-state index < -0.39 is 0 Å². The largest absolute Gasteiger partial charge is 0.330 e. The van der Waals surface area contributed by atoms with E-state index in [2.05, 4.69) is 18.8 Å². The third-order valence-electron chi connectivity index (χ3n) is 2.87. The number of pyridine rings is 1. The van der Waals surface area contributed by atoms with Gasteiger partial charge < -0.3 is 5.73 Å². The van der Waals surface area contributed by atoms with Crippen molar-refractivity contribution in [2.24, 2.45) is 5.73 Å². The molecule has 3 heteroatoms. The van der Waals surface area contributed by atoms with Crippen LogP contribution in [0.1, 0.15) is 19.5 Å². The van der Waals surface area contributed by atoms with Gasteiger partial charge in [-0.05, 0) is 12.1 Å². The Morgan fingerprint density at radius 1 is 1.25 bits per heavy atom. The molecule has 16 heavy (non-hydrogen) atoms. The lowest BCUT2D eigenvalue weighted by Gasteiger charge is -2.22. The van der Waals surface area contributed by atoms with Crippen molar-refractivity contribution >= 4 is 22.5 Å². The fourth-order valence-corrected chi connectivity index (χ4v) is 1.82. The summed E-state index contributed by atoms with van der Waals surface area (Å²) in [6, 6.07) is 9.86. The van der Waals surface area contributed by atoms with Gasteiger partial charge in [-0.15, -0.1) is 0 Å². The molecular formula is C13H15ClN2. The summed E-state index contributed by atoms with van der Waals surface area (Å²) < 4.78 is 0. The summed E-state index contributed by atoms with van der Waals surface area (Å²) >= 11 is 6.13. The molecule has 2 aromatic rings. The fourth-order valence-electron chi connectivity index (χ4n) is 1.59. The van der Waals surface area contributed by atoms with Crippen molar-refractivity contribution < 1.29 is 0 Å². The number of nitrogens with two attached hydrogens (primary N) is 1. The smallest absolute Gasteiger partial charge is 0.0891 e. The standard InChI is InChI=1S/C13H15ClN2/c1-13(2,8-15)11-7-6-9-4-3-5-10(14)12(9)16-11/h3-7H,8,15H2,1-2H3. The summed E-state index contributed by atoms with van der Waals surface area (Å²) in [5.74, 6) is 0. The van der Waals surface area contributed by atoms with E-state index in [4.69, 9.17) is 17.3 Å². The zero-order valence-corrected chi connectivity index (χ0v) is 10.3. The summed E-state index contributed by atoms with van der Waals surface area (Å²) in [5, 5.41) is 1.75. The van der Waals surface area contributed by atoms with E-state index >= 15 is 0 Å². The molecule has 1 heterocycles. The third kappa shape index (κ3) is 1.91. The maximum atomic E-state index is 6.13. The SMILES string of the molecule is CC(C)(CN)c1ccc2cccc(Cl)c2n1. The molecule has 2 nitrogen and oxygen atoms in total. The van der Waals surface area contributed by atoms with Crippen molar-refractivity contribution in [1.82, 2.24) is 4.98 Å². The summed E-state index contributed by atoms with van der Waals surface area (Å²) in [6.07, 6.45) is 0. The highest BCUT2D eigenvalue weighted by Crippen LogP contribution is 2.26. The highest BCUT2D eigenvalue weighted by molar-refractivity contribution is 6.35. The summed E-state index contributed by atoms with van der Waals surface area (Å²) in [7, 11) is 0. The zero-order valence-electron chi connectivity index (χ0n) is 9.50. The maximum Gasteiger partial charge on any atom is 0.0891 e. The lowest BCUT2D eigenvalue weighted by molar-refractivity contribution is 0.524. The molecule has 0 saturated carbocycles. The molecule has 0 bridgehead atoms. The lowest BCUT2D eigenvalue weighted by Crippen LogP contribution is -2.29. The first kappa shape index (κ1) is 11.4. The molecule has 0 atom stereocenters. The normalized spacial score (nSPS) is 12.0. The van der Waals surface area contributed by atoms with Crippen LogP contribution in [0.5, 0.6) is 0 Å². The molecule has 0 aliphatic carbocycles. The number of benzene rings is 1. The number of nitrogens with zero attached hydrogens (tertiary/aromatic N) is 1. The van der Waals surface area contributed by atoms with Gasteiger partial charge in [-0.3, -0.25) is 4.98 Å². The molecule has 0 radical (unpaired) electrons. The molecule has 2 N–H and O–H groups in total. The van der Waals surface area contributed by atoms with Crippen LogP contribution in [-0.4, -0.2) is 11.5 Å². The monoisotopic (exact) mass is 234 g/mol. The number of aromatic nitrogens is 1. The molecule has 0 fully saturated rings. The molecule has 0 unspecified atom stereocenters. The van der Waals surface area contributed by atoms with Gasteiger partial charge >= 0.3 is 0 Å². The van der Waals surface area contributed by atoms with Crippen LogP contribution in [-0.2, 0) is 5.41 Å². The van der Waals surface area contributed by atoms with E-state index in [9.17, 15) is 0 Å². The van der Waals surface area contributed by atoms with Crippen LogP contribution in [0.4, 0.5) is 0 Å². The first-order valence-corrected chi connectivity index (χ1v) is 5.68. The van der Waals surface area contributed by atoms with E-state index in [-0.39, 0.29) is 5.41 Å². The van der Waals surface area contributed by atoms with Crippen molar-refractivity contribution in [1.29, 1.82) is 0 Å². The van der Waals surface area contributed by atoms with Gasteiger partial charge in [-0.2, -0.15) is 0 Å². The van der Waals surface area contributed by atoms with Gasteiger partial charge in [0.1, 0.15) is 0 Å². The van der Waals surface area contributed by atoms with Crippen LogP contribution in [0.15, 0.2) is 30.3 Å². The van der Waals surface area contributed by atoms with Crippen LogP contribution >= 0.6 is 11.6 Å². The Bertz CT molecular complexity index is 520. The van der Waals surface area contributed by atoms with Crippen molar-refractivity contribution in [3.63, 3.8) is 0 Å². The Labute approximate surface area is 100 Å². The minimum absolute atomic E-state index is 0.118. The second-order valence-corrected chi connectivity index (χ2v) is 5.00. The second kappa shape index (κ2) is 4.04. The predicted molar refractivity (Wildman–Crippen MR) is 68.8 cm³/mol. The van der Waals surface area contributed by atoms with Crippen LogP contribution in [0.2, 0.25) is 5.02 Å². The topological polar surface area (TPSA) is 38.9 Å². The summed E-state index contributed by atoms with van der Waals surface area (Å²) in [4.78, 5) is 4.61. The molecular weight excluding hydrogens is 220 g/mol. The van der Waals surface area contributed by atoms with Gasteiger partial charge in [0.2, 0.25) is 0 Å². The van der Waals surface area contributed by atoms with Gasteiger partial charge in [-0.1, -0.05) is 43.6 Å². The lowest BCUT2D eigenvalue weighted by atomic mass is 9.89. The molecule has 0 aliphatic rings. The molecule has 2 rings (SSSR count). The Morgan fingerprint density at radius 2 is 2.00 bits per heavy atom. The molecule has 0 amide bonds. The molecule has 1 aromatic heterocycles. The second-order valence-electron chi connectivity index (χ2n) is 4.60. The molecule has 0 spiro atoms. The van der Waals surface area contributed by atoms with Crippen LogP contribution < -0.4 is 5.73 Å². The molecule has 84 valence electrons. The van der Waals surface area contributed by atoms with Gasteiger partial charge in [0.15, 0.2) is 0 Å². The van der Waals surface area contributed by atoms with E-state index in [1.165, 1.54) is 0 Å². The number of fused-ring (bicyclic) bond motifs is 1. The highest BCUT2D eigenvalue weighted by Gasteiger charge is 2.20. The Hall–Kier alpha value is -1.12. The molecule has 0 aliphatic heterocycles.